The fourth-order valence-corrected chi connectivity index (χ4v) is 12.7. The van der Waals surface area contributed by atoms with E-state index in [1.54, 1.807) is 36.5 Å². The number of thioether (sulfide) groups is 1. The number of amides is 11. The summed E-state index contributed by atoms with van der Waals surface area (Å²) in [5, 5.41) is 57.5. The third-order valence-corrected chi connectivity index (χ3v) is 17.7. The molecule has 35 nitrogen and oxygen atoms in total. The van der Waals surface area contributed by atoms with Crippen LogP contribution >= 0.6 is 11.8 Å². The maximum atomic E-state index is 14.9. The van der Waals surface area contributed by atoms with Crippen molar-refractivity contribution in [2.24, 2.45) is 23.1 Å². The predicted molar refractivity (Wildman–Crippen MR) is 360 cm³/mol. The number of hydrogen-bond acceptors (Lipinski definition) is 19. The van der Waals surface area contributed by atoms with Crippen molar-refractivity contribution in [3.05, 3.63) is 66.0 Å². The van der Waals surface area contributed by atoms with Gasteiger partial charge in [-0.15, -0.1) is 5.10 Å². The highest BCUT2D eigenvalue weighted by Gasteiger charge is 2.43. The van der Waals surface area contributed by atoms with Crippen LogP contribution in [-0.4, -0.2) is 221 Å². The molecule has 36 heteroatoms. The number of guanidine groups is 2. The van der Waals surface area contributed by atoms with Crippen molar-refractivity contribution in [1.29, 1.82) is 10.8 Å². The minimum Gasteiger partial charge on any atom is -0.377 e. The predicted octanol–water partition coefficient (Wildman–Crippen LogP) is -3.44. The lowest BCUT2D eigenvalue weighted by Gasteiger charge is -2.28. The van der Waals surface area contributed by atoms with Crippen molar-refractivity contribution in [3.8, 4) is 0 Å². The van der Waals surface area contributed by atoms with Gasteiger partial charge in [-0.1, -0.05) is 55.8 Å². The zero-order chi connectivity index (χ0) is 70.8. The molecule has 3 aliphatic rings. The molecule has 3 aliphatic heterocycles. The molecule has 5 heterocycles. The second kappa shape index (κ2) is 41.8. The standard InChI is InChI=1S/C62H98N22O13S/c1-37(2)28-44-56(90)74-41(53(63)87)14-8-9-22-84-33-40(82-83-84)31-46(73-51(86)34-97-27-26-96-25-24-95-23-21-69-50(85)18-7-6-17-49-52-48(35-98-49)80-62(94)81-52)58(92)76-43(16-11-20-71-61(66)67)55(89)79-47(30-39-32-68-36-72-39)59(93)78-45(29-38-12-4-3-5-13-38)57(91)75-42(54(88)77-44)15-10-19-70-60(64)65/h3-5,12-13,32-33,36-37,41-49,52H,6-11,14-31,34-35H2,1-2H3,(H2,63,87)(H,68,72)(H,69,85)(H,73,86)(H,74,90)(H,75,91)(H,76,92)(H,77,88)(H,78,93)(H,79,89)(H4,64,65,70)(H4,66,67,71)(H2,80,81,94)/t41-,42+,43?,44+,45+,46-,47+,48-,49-,52-/m0/s1. The first-order valence-corrected chi connectivity index (χ1v) is 34.3. The topological polar surface area (TPSA) is 528 Å². The molecule has 0 aliphatic carbocycles. The number of hydrogen-bond donors (Lipinski definition) is 18. The average Bonchev–Trinajstić information content (AvgIpc) is 1.65. The van der Waals surface area contributed by atoms with Gasteiger partial charge in [-0.3, -0.25) is 58.7 Å². The van der Waals surface area contributed by atoms with Gasteiger partial charge < -0.3 is 100 Å². The molecule has 2 aromatic heterocycles. The monoisotopic (exact) mass is 1390 g/mol. The summed E-state index contributed by atoms with van der Waals surface area (Å²) in [4.78, 5) is 145. The number of aromatic amines is 1. The Bertz CT molecular complexity index is 3090. The second-order valence-electron chi connectivity index (χ2n) is 24.6. The quantitative estimate of drug-likeness (QED) is 0.0125. The van der Waals surface area contributed by atoms with Gasteiger partial charge in [-0.25, -0.2) is 9.78 Å². The lowest BCUT2D eigenvalue weighted by molar-refractivity contribution is -0.136. The van der Waals surface area contributed by atoms with Crippen LogP contribution in [0.3, 0.4) is 0 Å². The molecule has 0 saturated carbocycles. The van der Waals surface area contributed by atoms with Gasteiger partial charge in [0.05, 0.1) is 62.8 Å². The summed E-state index contributed by atoms with van der Waals surface area (Å²) in [6.07, 6.45) is 7.86. The number of ether oxygens (including phenoxy) is 3. The Labute approximate surface area is 572 Å². The molecule has 0 spiro atoms. The number of nitrogens with one attached hydrogen (secondary N) is 15. The number of benzene rings is 1. The summed E-state index contributed by atoms with van der Waals surface area (Å²) in [6.45, 7) is 4.68. The highest BCUT2D eigenvalue weighted by Crippen LogP contribution is 2.33. The molecule has 2 saturated heterocycles. The Hall–Kier alpha value is -9.16. The summed E-state index contributed by atoms with van der Waals surface area (Å²) in [6, 6.07) is -0.615. The Morgan fingerprint density at radius 2 is 1.28 bits per heavy atom. The Kier molecular flexibility index (Phi) is 33.2. The Morgan fingerprint density at radius 3 is 1.92 bits per heavy atom. The molecule has 21 N–H and O–H groups in total. The number of primary amides is 1. The van der Waals surface area contributed by atoms with Crippen molar-refractivity contribution in [3.63, 3.8) is 0 Å². The van der Waals surface area contributed by atoms with Gasteiger partial charge >= 0.3 is 6.03 Å². The lowest BCUT2D eigenvalue weighted by Crippen LogP contribution is -2.61. The molecule has 540 valence electrons. The van der Waals surface area contributed by atoms with Crippen LogP contribution in [0.2, 0.25) is 0 Å². The number of carbonyl (C=O) groups excluding carboxylic acids is 10. The first kappa shape index (κ1) is 77.8. The van der Waals surface area contributed by atoms with Gasteiger partial charge in [0.2, 0.25) is 53.2 Å². The van der Waals surface area contributed by atoms with Crippen LogP contribution in [0.1, 0.15) is 108 Å². The van der Waals surface area contributed by atoms with Crippen molar-refractivity contribution in [1.82, 2.24) is 88.8 Å². The zero-order valence-corrected chi connectivity index (χ0v) is 56.4. The van der Waals surface area contributed by atoms with Crippen LogP contribution in [0.25, 0.3) is 0 Å². The van der Waals surface area contributed by atoms with Gasteiger partial charge in [-0.05, 0) is 75.7 Å². The average molecular weight is 1390 g/mol. The molecular formula is C62H98N22O13S. The first-order valence-electron chi connectivity index (χ1n) is 33.3. The van der Waals surface area contributed by atoms with Gasteiger partial charge in [0.1, 0.15) is 48.9 Å². The third-order valence-electron chi connectivity index (χ3n) is 16.2. The van der Waals surface area contributed by atoms with E-state index in [2.05, 4.69) is 84.1 Å². The molecule has 0 radical (unpaired) electrons. The van der Waals surface area contributed by atoms with E-state index in [1.165, 1.54) is 17.2 Å². The number of nitrogens with two attached hydrogens (primary N) is 3. The van der Waals surface area contributed by atoms with Crippen LogP contribution in [0.4, 0.5) is 4.79 Å². The fourth-order valence-electron chi connectivity index (χ4n) is 11.1. The molecule has 1 aromatic carbocycles. The maximum absolute atomic E-state index is 14.9. The summed E-state index contributed by atoms with van der Waals surface area (Å²) >= 11 is 1.84. The number of unbranched alkanes of at least 4 members (excludes halogenated alkanes) is 1. The van der Waals surface area contributed by atoms with Crippen molar-refractivity contribution in [2.75, 3.05) is 65.0 Å². The van der Waals surface area contributed by atoms with Crippen LogP contribution in [0, 0.1) is 16.7 Å². The summed E-state index contributed by atoms with van der Waals surface area (Å²) < 4.78 is 18.3. The fraction of sp³-hybridized carbons (Fsp3) is 0.629. The summed E-state index contributed by atoms with van der Waals surface area (Å²) in [5.41, 5.74) is 18.1. The van der Waals surface area contributed by atoms with E-state index in [1.807, 2.05) is 25.6 Å². The third kappa shape index (κ3) is 28.5. The van der Waals surface area contributed by atoms with E-state index >= 15 is 0 Å². The largest absolute Gasteiger partial charge is 0.377 e. The van der Waals surface area contributed by atoms with Gasteiger partial charge in [0.25, 0.3) is 0 Å². The smallest absolute Gasteiger partial charge is 0.315 e. The molecule has 1 unspecified atom stereocenters. The van der Waals surface area contributed by atoms with Crippen molar-refractivity contribution < 1.29 is 62.2 Å². The second-order valence-corrected chi connectivity index (χ2v) is 25.9. The van der Waals surface area contributed by atoms with E-state index in [9.17, 15) is 47.9 Å². The number of carbonyl (C=O) groups is 10. The van der Waals surface area contributed by atoms with E-state index in [0.29, 0.717) is 42.3 Å². The van der Waals surface area contributed by atoms with E-state index in [4.69, 9.17) is 42.2 Å². The van der Waals surface area contributed by atoms with Gasteiger partial charge in [-0.2, -0.15) is 11.8 Å². The van der Waals surface area contributed by atoms with E-state index < -0.39 is 96.2 Å². The number of H-pyrrole nitrogens is 1. The van der Waals surface area contributed by atoms with Crippen LogP contribution in [0.15, 0.2) is 49.1 Å². The number of urea groups is 1. The number of aryl methyl sites for hydroxylation is 1. The normalized spacial score (nSPS) is 23.0. The highest BCUT2D eigenvalue weighted by molar-refractivity contribution is 8.00. The maximum Gasteiger partial charge on any atom is 0.315 e. The summed E-state index contributed by atoms with van der Waals surface area (Å²) in [5.74, 6) is -6.46. The Balaban J connectivity index is 1.16. The molecular weight excluding hydrogens is 1290 g/mol. The molecule has 6 rings (SSSR count). The highest BCUT2D eigenvalue weighted by atomic mass is 32.2. The first-order chi connectivity index (χ1) is 47.1. The van der Waals surface area contributed by atoms with Gasteiger partial charge in [0.15, 0.2) is 11.9 Å². The minimum absolute atomic E-state index is 0.0220. The number of imidazole rings is 1. The van der Waals surface area contributed by atoms with Crippen LogP contribution in [0.5, 0.6) is 0 Å². The molecule has 11 amide bonds. The number of nitrogens with zero attached hydrogens (tertiary/aromatic N) is 4. The number of aromatic nitrogens is 5. The minimum atomic E-state index is -1.48. The zero-order valence-electron chi connectivity index (χ0n) is 55.6. The number of rotatable bonds is 32. The molecule has 2 bridgehead atoms. The molecule has 98 heavy (non-hydrogen) atoms. The Morgan fingerprint density at radius 1 is 0.663 bits per heavy atom. The van der Waals surface area contributed by atoms with Crippen molar-refractivity contribution >= 4 is 82.9 Å². The van der Waals surface area contributed by atoms with Crippen molar-refractivity contribution in [2.45, 2.75) is 176 Å². The SMILES string of the molecule is CC(C)C[C@H]1NC(=O)[C@@H](CCCNC(=N)N)NC(=O)[C@@H](Cc2ccccc2)NC(=O)[C@@H](Cc2c[nH]cn2)NC(=O)C(CCCNC(=N)N)NC(=O)[C@@H](NC(=O)COCCOCCOCCNC(=O)CCCC[C@@H]2SC[C@@H]3NC(=O)N[C@@H]32)Cc2cn(nn2)CCCC[C@@H](C(N)=O)NC1=O. The van der Waals surface area contributed by atoms with Crippen LogP contribution in [-0.2, 0) is 83.2 Å². The van der Waals surface area contributed by atoms with Gasteiger partial charge in [0, 0.05) is 75.3 Å². The lowest BCUT2D eigenvalue weighted by atomic mass is 10.0. The molecule has 10 atom stereocenters. The summed E-state index contributed by atoms with van der Waals surface area (Å²) in [7, 11) is 0. The number of fused-ring (bicyclic) bond motifs is 3. The van der Waals surface area contributed by atoms with E-state index in [-0.39, 0.29) is 158 Å². The molecule has 2 fully saturated rings. The van der Waals surface area contributed by atoms with E-state index in [0.717, 1.165) is 25.0 Å². The molecule has 3 aromatic rings. The van der Waals surface area contributed by atoms with Crippen LogP contribution < -0.4 is 81.0 Å².